The topological polar surface area (TPSA) is 12.0 Å². The molecule has 0 radical (unpaired) electrons. The Bertz CT molecular complexity index is 392. The van der Waals surface area contributed by atoms with E-state index in [9.17, 15) is 0 Å². The molecule has 0 spiro atoms. The summed E-state index contributed by atoms with van der Waals surface area (Å²) in [5, 5.41) is 3.70. The van der Waals surface area contributed by atoms with E-state index < -0.39 is 0 Å². The van der Waals surface area contributed by atoms with Crippen molar-refractivity contribution >= 4 is 31.9 Å². The van der Waals surface area contributed by atoms with Gasteiger partial charge in [-0.25, -0.2) is 0 Å². The molecular weight excluding hydrogens is 342 g/mol. The van der Waals surface area contributed by atoms with E-state index >= 15 is 0 Å². The summed E-state index contributed by atoms with van der Waals surface area (Å²) in [7, 11) is 0. The van der Waals surface area contributed by atoms with Gasteiger partial charge in [0, 0.05) is 15.0 Å². The Labute approximate surface area is 121 Å². The van der Waals surface area contributed by atoms with Gasteiger partial charge in [0.2, 0.25) is 0 Å². The van der Waals surface area contributed by atoms with Gasteiger partial charge in [-0.05, 0) is 55.0 Å². The SMILES string of the molecule is CCCNC(c1cc(Br)ccc1Br)C1CC1C. The van der Waals surface area contributed by atoms with Crippen molar-refractivity contribution in [3.05, 3.63) is 32.7 Å². The Kier molecular flexibility index (Phi) is 4.67. The molecule has 1 fully saturated rings. The normalized spacial score (nSPS) is 24.7. The Morgan fingerprint density at radius 3 is 2.71 bits per heavy atom. The average molecular weight is 361 g/mol. The van der Waals surface area contributed by atoms with Crippen molar-refractivity contribution in [2.45, 2.75) is 32.7 Å². The van der Waals surface area contributed by atoms with Crippen LogP contribution in [0.25, 0.3) is 0 Å². The highest BCUT2D eigenvalue weighted by Crippen LogP contribution is 2.48. The second-order valence-corrected chi connectivity index (χ2v) is 6.74. The number of hydrogen-bond acceptors (Lipinski definition) is 1. The average Bonchev–Trinajstić information content (AvgIpc) is 3.01. The molecule has 1 N–H and O–H groups in total. The van der Waals surface area contributed by atoms with E-state index in [4.69, 9.17) is 0 Å². The third-order valence-electron chi connectivity index (χ3n) is 3.51. The lowest BCUT2D eigenvalue weighted by Crippen LogP contribution is -2.24. The first kappa shape index (κ1) is 13.6. The largest absolute Gasteiger partial charge is 0.310 e. The van der Waals surface area contributed by atoms with Gasteiger partial charge in [-0.1, -0.05) is 45.7 Å². The highest BCUT2D eigenvalue weighted by molar-refractivity contribution is 9.11. The molecule has 0 amide bonds. The molecule has 0 saturated heterocycles. The minimum Gasteiger partial charge on any atom is -0.310 e. The number of nitrogens with one attached hydrogen (secondary N) is 1. The molecule has 1 aliphatic rings. The van der Waals surface area contributed by atoms with Gasteiger partial charge in [-0.3, -0.25) is 0 Å². The van der Waals surface area contributed by atoms with E-state index in [1.54, 1.807) is 0 Å². The Morgan fingerprint density at radius 2 is 2.12 bits per heavy atom. The maximum absolute atomic E-state index is 3.70. The van der Waals surface area contributed by atoms with Crippen LogP contribution in [0.5, 0.6) is 0 Å². The van der Waals surface area contributed by atoms with Crippen molar-refractivity contribution in [1.29, 1.82) is 0 Å². The Balaban J connectivity index is 2.21. The predicted octanol–water partition coefficient (Wildman–Crippen LogP) is 4.91. The fraction of sp³-hybridized carbons (Fsp3) is 0.571. The van der Waals surface area contributed by atoms with Gasteiger partial charge in [-0.2, -0.15) is 0 Å². The fourth-order valence-electron chi connectivity index (χ4n) is 2.36. The van der Waals surface area contributed by atoms with E-state index in [0.29, 0.717) is 6.04 Å². The third kappa shape index (κ3) is 3.33. The molecule has 3 atom stereocenters. The lowest BCUT2D eigenvalue weighted by atomic mass is 10.0. The molecule has 17 heavy (non-hydrogen) atoms. The molecule has 1 aromatic carbocycles. The molecule has 1 saturated carbocycles. The van der Waals surface area contributed by atoms with E-state index in [-0.39, 0.29) is 0 Å². The van der Waals surface area contributed by atoms with Crippen LogP contribution in [0.1, 0.15) is 38.3 Å². The predicted molar refractivity (Wildman–Crippen MR) is 80.1 cm³/mol. The van der Waals surface area contributed by atoms with Crippen LogP contribution in [-0.2, 0) is 0 Å². The highest BCUT2D eigenvalue weighted by atomic mass is 79.9. The lowest BCUT2D eigenvalue weighted by molar-refractivity contribution is 0.461. The van der Waals surface area contributed by atoms with Gasteiger partial charge in [0.15, 0.2) is 0 Å². The Hall–Kier alpha value is 0.140. The molecule has 0 bridgehead atoms. The van der Waals surface area contributed by atoms with E-state index in [1.807, 2.05) is 0 Å². The van der Waals surface area contributed by atoms with Crippen LogP contribution < -0.4 is 5.32 Å². The summed E-state index contributed by atoms with van der Waals surface area (Å²) in [5.74, 6) is 1.65. The first-order valence-electron chi connectivity index (χ1n) is 6.31. The van der Waals surface area contributed by atoms with Gasteiger partial charge in [0.05, 0.1) is 0 Å². The smallest absolute Gasteiger partial charge is 0.0362 e. The standard InChI is InChI=1S/C14H19Br2N/c1-3-6-17-14(11-7-9(11)2)12-8-10(15)4-5-13(12)16/h4-5,8-9,11,14,17H,3,6-7H2,1-2H3. The molecule has 0 heterocycles. The molecule has 94 valence electrons. The van der Waals surface area contributed by atoms with Crippen molar-refractivity contribution in [2.24, 2.45) is 11.8 Å². The second-order valence-electron chi connectivity index (χ2n) is 4.97. The van der Waals surface area contributed by atoms with Crippen LogP contribution in [0.15, 0.2) is 27.1 Å². The minimum atomic E-state index is 0.497. The van der Waals surface area contributed by atoms with Crippen LogP contribution >= 0.6 is 31.9 Å². The Morgan fingerprint density at radius 1 is 1.41 bits per heavy atom. The minimum absolute atomic E-state index is 0.497. The molecule has 2 rings (SSSR count). The first-order valence-corrected chi connectivity index (χ1v) is 7.90. The molecule has 0 aliphatic heterocycles. The lowest BCUT2D eigenvalue weighted by Gasteiger charge is -2.20. The van der Waals surface area contributed by atoms with Gasteiger partial charge >= 0.3 is 0 Å². The van der Waals surface area contributed by atoms with Crippen molar-refractivity contribution in [2.75, 3.05) is 6.54 Å². The van der Waals surface area contributed by atoms with Gasteiger partial charge < -0.3 is 5.32 Å². The van der Waals surface area contributed by atoms with Crippen LogP contribution in [0.3, 0.4) is 0 Å². The summed E-state index contributed by atoms with van der Waals surface area (Å²) >= 11 is 7.25. The summed E-state index contributed by atoms with van der Waals surface area (Å²) in [6.45, 7) is 5.65. The quantitative estimate of drug-likeness (QED) is 0.786. The molecule has 1 aliphatic carbocycles. The molecule has 0 aromatic heterocycles. The van der Waals surface area contributed by atoms with Gasteiger partial charge in [0.25, 0.3) is 0 Å². The fourth-order valence-corrected chi connectivity index (χ4v) is 3.23. The monoisotopic (exact) mass is 359 g/mol. The van der Waals surface area contributed by atoms with Gasteiger partial charge in [-0.15, -0.1) is 0 Å². The van der Waals surface area contributed by atoms with Crippen LogP contribution in [-0.4, -0.2) is 6.54 Å². The highest BCUT2D eigenvalue weighted by Gasteiger charge is 2.40. The second kappa shape index (κ2) is 5.85. The van der Waals surface area contributed by atoms with Crippen molar-refractivity contribution in [3.8, 4) is 0 Å². The summed E-state index contributed by atoms with van der Waals surface area (Å²) in [5.41, 5.74) is 1.39. The van der Waals surface area contributed by atoms with Crippen LogP contribution in [0, 0.1) is 11.8 Å². The van der Waals surface area contributed by atoms with Crippen molar-refractivity contribution in [3.63, 3.8) is 0 Å². The maximum atomic E-state index is 3.70. The van der Waals surface area contributed by atoms with E-state index in [1.165, 1.54) is 22.9 Å². The number of hydrogen-bond donors (Lipinski definition) is 1. The molecule has 1 aromatic rings. The third-order valence-corrected chi connectivity index (χ3v) is 4.72. The first-order chi connectivity index (χ1) is 8.13. The van der Waals surface area contributed by atoms with Gasteiger partial charge in [0.1, 0.15) is 0 Å². The molecular formula is C14H19Br2N. The summed E-state index contributed by atoms with van der Waals surface area (Å²) in [6, 6.07) is 6.95. The van der Waals surface area contributed by atoms with Crippen LogP contribution in [0.2, 0.25) is 0 Å². The molecule has 1 nitrogen and oxygen atoms in total. The maximum Gasteiger partial charge on any atom is 0.0362 e. The summed E-state index contributed by atoms with van der Waals surface area (Å²) in [6.07, 6.45) is 2.53. The summed E-state index contributed by atoms with van der Waals surface area (Å²) < 4.78 is 2.38. The van der Waals surface area contributed by atoms with Crippen molar-refractivity contribution in [1.82, 2.24) is 5.32 Å². The van der Waals surface area contributed by atoms with E-state index in [0.717, 1.165) is 22.9 Å². The molecule has 3 unspecified atom stereocenters. The number of benzene rings is 1. The van der Waals surface area contributed by atoms with Crippen LogP contribution in [0.4, 0.5) is 0 Å². The molecule has 3 heteroatoms. The zero-order valence-electron chi connectivity index (χ0n) is 10.3. The number of rotatable bonds is 5. The van der Waals surface area contributed by atoms with Crippen molar-refractivity contribution < 1.29 is 0 Å². The van der Waals surface area contributed by atoms with E-state index in [2.05, 4.69) is 69.2 Å². The summed E-state index contributed by atoms with van der Waals surface area (Å²) in [4.78, 5) is 0. The zero-order valence-corrected chi connectivity index (χ0v) is 13.5. The number of halogens is 2. The zero-order chi connectivity index (χ0) is 12.4.